The number of urea groups is 1. The van der Waals surface area contributed by atoms with E-state index < -0.39 is 29.2 Å². The second-order valence-corrected chi connectivity index (χ2v) is 6.38. The first kappa shape index (κ1) is 18.6. The molecule has 7 heteroatoms. The lowest BCUT2D eigenvalue weighted by atomic mass is 9.87. The summed E-state index contributed by atoms with van der Waals surface area (Å²) in [5.41, 5.74) is -0.151. The number of carbonyl (C=O) groups excluding carboxylic acids is 3. The Balaban J connectivity index is 1.83. The maximum atomic E-state index is 13.2. The van der Waals surface area contributed by atoms with Crippen LogP contribution in [-0.2, 0) is 15.1 Å². The second kappa shape index (κ2) is 7.19. The summed E-state index contributed by atoms with van der Waals surface area (Å²) in [5.74, 6) is -1.34. The van der Waals surface area contributed by atoms with E-state index in [9.17, 15) is 18.8 Å². The van der Waals surface area contributed by atoms with Crippen LogP contribution in [0.1, 0.15) is 18.9 Å². The molecule has 140 valence electrons. The van der Waals surface area contributed by atoms with Gasteiger partial charge in [-0.05, 0) is 36.2 Å². The highest BCUT2D eigenvalue weighted by molar-refractivity contribution is 6.10. The molecule has 0 aromatic heterocycles. The van der Waals surface area contributed by atoms with Crippen LogP contribution in [0.25, 0.3) is 0 Å². The van der Waals surface area contributed by atoms with E-state index in [1.807, 2.05) is 6.07 Å². The summed E-state index contributed by atoms with van der Waals surface area (Å²) in [6, 6.07) is 13.7. The second-order valence-electron chi connectivity index (χ2n) is 6.38. The Morgan fingerprint density at radius 3 is 2.33 bits per heavy atom. The SMILES string of the molecule is CCC1(c2ccc(F)cc2)NC(=O)N(CC(=O)N(C)c2ccccc2)C1=O. The number of imide groups is 1. The fraction of sp³-hybridized carbons (Fsp3) is 0.250. The monoisotopic (exact) mass is 369 g/mol. The number of nitrogens with one attached hydrogen (secondary N) is 1. The van der Waals surface area contributed by atoms with Crippen molar-refractivity contribution in [3.8, 4) is 0 Å². The third-order valence-corrected chi connectivity index (χ3v) is 4.85. The molecule has 4 amide bonds. The maximum Gasteiger partial charge on any atom is 0.325 e. The number of carbonyl (C=O) groups is 3. The maximum absolute atomic E-state index is 13.2. The summed E-state index contributed by atoms with van der Waals surface area (Å²) in [5, 5.41) is 2.68. The topological polar surface area (TPSA) is 69.7 Å². The first-order chi connectivity index (χ1) is 12.9. The van der Waals surface area contributed by atoms with Crippen molar-refractivity contribution in [2.24, 2.45) is 0 Å². The predicted octanol–water partition coefficient (Wildman–Crippen LogP) is 2.65. The summed E-state index contributed by atoms with van der Waals surface area (Å²) in [6.07, 6.45) is 0.280. The van der Waals surface area contributed by atoms with Gasteiger partial charge < -0.3 is 10.2 Å². The number of anilines is 1. The number of amides is 4. The number of benzene rings is 2. The molecule has 2 aromatic carbocycles. The first-order valence-electron chi connectivity index (χ1n) is 8.61. The molecule has 0 saturated carbocycles. The lowest BCUT2D eigenvalue weighted by molar-refractivity contribution is -0.134. The highest BCUT2D eigenvalue weighted by atomic mass is 19.1. The number of rotatable bonds is 5. The van der Waals surface area contributed by atoms with E-state index in [4.69, 9.17) is 0 Å². The Bertz CT molecular complexity index is 870. The van der Waals surface area contributed by atoms with Crippen molar-refractivity contribution < 1.29 is 18.8 Å². The van der Waals surface area contributed by atoms with E-state index in [0.29, 0.717) is 11.3 Å². The van der Waals surface area contributed by atoms with Crippen molar-refractivity contribution in [3.05, 3.63) is 66.0 Å². The normalized spacial score (nSPS) is 19.1. The van der Waals surface area contributed by atoms with Crippen molar-refractivity contribution in [1.82, 2.24) is 10.2 Å². The van der Waals surface area contributed by atoms with Crippen LogP contribution >= 0.6 is 0 Å². The van der Waals surface area contributed by atoms with Gasteiger partial charge in [0.1, 0.15) is 17.9 Å². The van der Waals surface area contributed by atoms with E-state index in [0.717, 1.165) is 4.90 Å². The average Bonchev–Trinajstić information content (AvgIpc) is 2.93. The van der Waals surface area contributed by atoms with E-state index in [2.05, 4.69) is 5.32 Å². The third kappa shape index (κ3) is 3.28. The van der Waals surface area contributed by atoms with Crippen LogP contribution in [0.4, 0.5) is 14.9 Å². The summed E-state index contributed by atoms with van der Waals surface area (Å²) in [6.45, 7) is 1.38. The molecule has 1 N–H and O–H groups in total. The van der Waals surface area contributed by atoms with Crippen molar-refractivity contribution in [2.75, 3.05) is 18.5 Å². The van der Waals surface area contributed by atoms with Crippen molar-refractivity contribution in [1.29, 1.82) is 0 Å². The van der Waals surface area contributed by atoms with Crippen LogP contribution in [0.3, 0.4) is 0 Å². The lowest BCUT2D eigenvalue weighted by Crippen LogP contribution is -2.45. The summed E-state index contributed by atoms with van der Waals surface area (Å²) < 4.78 is 13.2. The standard InChI is InChI=1S/C20H20FN3O3/c1-3-20(14-9-11-15(21)12-10-14)18(26)24(19(27)22-20)13-17(25)23(2)16-7-5-4-6-8-16/h4-12H,3,13H2,1-2H3,(H,22,27). The summed E-state index contributed by atoms with van der Waals surface area (Å²) in [7, 11) is 1.59. The number of likely N-dealkylation sites (N-methyl/N-ethyl adjacent to an activating group) is 1. The summed E-state index contributed by atoms with van der Waals surface area (Å²) in [4.78, 5) is 40.3. The van der Waals surface area contributed by atoms with Gasteiger partial charge in [0.2, 0.25) is 5.91 Å². The van der Waals surface area contributed by atoms with Gasteiger partial charge in [-0.2, -0.15) is 0 Å². The van der Waals surface area contributed by atoms with E-state index in [1.165, 1.54) is 29.2 Å². The molecule has 1 aliphatic rings. The quantitative estimate of drug-likeness (QED) is 0.824. The minimum atomic E-state index is -1.30. The molecule has 1 heterocycles. The minimum absolute atomic E-state index is 0.280. The molecule has 3 rings (SSSR count). The molecular formula is C20H20FN3O3. The van der Waals surface area contributed by atoms with Crippen molar-refractivity contribution in [3.63, 3.8) is 0 Å². The van der Waals surface area contributed by atoms with E-state index >= 15 is 0 Å². The Morgan fingerprint density at radius 2 is 1.74 bits per heavy atom. The van der Waals surface area contributed by atoms with E-state index in [-0.39, 0.29) is 13.0 Å². The fourth-order valence-corrected chi connectivity index (χ4v) is 3.18. The average molecular weight is 369 g/mol. The largest absolute Gasteiger partial charge is 0.325 e. The number of para-hydroxylation sites is 1. The highest BCUT2D eigenvalue weighted by Crippen LogP contribution is 2.32. The van der Waals surface area contributed by atoms with Gasteiger partial charge in [0, 0.05) is 12.7 Å². The number of halogens is 1. The molecule has 1 aliphatic heterocycles. The first-order valence-corrected chi connectivity index (χ1v) is 8.61. The van der Waals surface area contributed by atoms with E-state index in [1.54, 1.807) is 38.2 Å². The third-order valence-electron chi connectivity index (χ3n) is 4.85. The minimum Gasteiger partial charge on any atom is -0.319 e. The fourth-order valence-electron chi connectivity index (χ4n) is 3.18. The molecule has 0 bridgehead atoms. The summed E-state index contributed by atoms with van der Waals surface area (Å²) >= 11 is 0. The molecule has 2 aromatic rings. The lowest BCUT2D eigenvalue weighted by Gasteiger charge is -2.26. The molecule has 1 unspecified atom stereocenters. The molecule has 0 radical (unpaired) electrons. The van der Waals surface area contributed by atoms with Gasteiger partial charge in [-0.3, -0.25) is 14.5 Å². The van der Waals surface area contributed by atoms with Crippen LogP contribution in [0.5, 0.6) is 0 Å². The number of hydrogen-bond acceptors (Lipinski definition) is 3. The van der Waals surface area contributed by atoms with Gasteiger partial charge in [0.25, 0.3) is 5.91 Å². The Labute approximate surface area is 156 Å². The Kier molecular flexibility index (Phi) is 4.94. The molecule has 6 nitrogen and oxygen atoms in total. The molecule has 27 heavy (non-hydrogen) atoms. The van der Waals surface area contributed by atoms with Crippen LogP contribution < -0.4 is 10.2 Å². The van der Waals surface area contributed by atoms with Crippen LogP contribution in [0, 0.1) is 5.82 Å². The van der Waals surface area contributed by atoms with Gasteiger partial charge in [0.05, 0.1) is 0 Å². The zero-order chi connectivity index (χ0) is 19.6. The zero-order valence-electron chi connectivity index (χ0n) is 15.1. The molecule has 0 spiro atoms. The zero-order valence-corrected chi connectivity index (χ0v) is 15.1. The van der Waals surface area contributed by atoms with Gasteiger partial charge in [0.15, 0.2) is 0 Å². The predicted molar refractivity (Wildman–Crippen MR) is 98.5 cm³/mol. The number of nitrogens with zero attached hydrogens (tertiary/aromatic N) is 2. The van der Waals surface area contributed by atoms with Crippen molar-refractivity contribution in [2.45, 2.75) is 18.9 Å². The molecule has 0 aliphatic carbocycles. The van der Waals surface area contributed by atoms with Gasteiger partial charge in [-0.25, -0.2) is 9.18 Å². The van der Waals surface area contributed by atoms with Crippen LogP contribution in [-0.4, -0.2) is 36.3 Å². The van der Waals surface area contributed by atoms with Crippen LogP contribution in [0.15, 0.2) is 54.6 Å². The van der Waals surface area contributed by atoms with Gasteiger partial charge in [-0.15, -0.1) is 0 Å². The van der Waals surface area contributed by atoms with Gasteiger partial charge >= 0.3 is 6.03 Å². The van der Waals surface area contributed by atoms with Crippen molar-refractivity contribution >= 4 is 23.5 Å². The number of hydrogen-bond donors (Lipinski definition) is 1. The molecular weight excluding hydrogens is 349 g/mol. The Hall–Kier alpha value is -3.22. The molecule has 1 fully saturated rings. The van der Waals surface area contributed by atoms with Crippen LogP contribution in [0.2, 0.25) is 0 Å². The highest BCUT2D eigenvalue weighted by Gasteiger charge is 2.51. The smallest absolute Gasteiger partial charge is 0.319 e. The molecule has 1 atom stereocenters. The molecule has 1 saturated heterocycles. The Morgan fingerprint density at radius 1 is 1.11 bits per heavy atom. The van der Waals surface area contributed by atoms with Gasteiger partial charge in [-0.1, -0.05) is 37.3 Å².